The Labute approximate surface area is 162 Å². The van der Waals surface area contributed by atoms with E-state index in [-0.39, 0.29) is 42.4 Å². The first-order valence-electron chi connectivity index (χ1n) is 8.96. The number of hydrogen-bond donors (Lipinski definition) is 1. The number of primary amides is 1. The summed E-state index contributed by atoms with van der Waals surface area (Å²) in [7, 11) is -4.18. The first-order valence-corrected chi connectivity index (χ1v) is 10.4. The number of nitrogens with zero attached hydrogens (tertiary/aromatic N) is 3. The zero-order valence-corrected chi connectivity index (χ0v) is 16.2. The Kier molecular flexibility index (Phi) is 5.39. The van der Waals surface area contributed by atoms with Crippen molar-refractivity contribution in [1.29, 1.82) is 0 Å². The summed E-state index contributed by atoms with van der Waals surface area (Å²) in [6.07, 6.45) is 1.69. The molecule has 3 rings (SSSR count). The summed E-state index contributed by atoms with van der Waals surface area (Å²) in [5.41, 5.74) is 5.20. The van der Waals surface area contributed by atoms with Crippen LogP contribution in [0.15, 0.2) is 29.4 Å². The lowest BCUT2D eigenvalue weighted by Crippen LogP contribution is -2.45. The van der Waals surface area contributed by atoms with Crippen LogP contribution in [0.2, 0.25) is 0 Å². The molecule has 3 unspecified atom stereocenters. The second-order valence-electron chi connectivity index (χ2n) is 7.11. The highest BCUT2D eigenvalue weighted by Gasteiger charge is 2.54. The normalized spacial score (nSPS) is 23.6. The van der Waals surface area contributed by atoms with Crippen molar-refractivity contribution < 1.29 is 27.5 Å². The smallest absolute Gasteiger partial charge is 0.323 e. The Balaban J connectivity index is 1.78. The van der Waals surface area contributed by atoms with E-state index in [1.54, 1.807) is 6.92 Å². The Bertz CT molecular complexity index is 918. The summed E-state index contributed by atoms with van der Waals surface area (Å²) >= 11 is 0. The fraction of sp³-hybridized carbons (Fsp3) is 0.529. The van der Waals surface area contributed by atoms with E-state index >= 15 is 0 Å². The van der Waals surface area contributed by atoms with Gasteiger partial charge in [0.15, 0.2) is 12.0 Å². The van der Waals surface area contributed by atoms with Crippen LogP contribution in [0.1, 0.15) is 26.2 Å². The van der Waals surface area contributed by atoms with E-state index in [0.717, 1.165) is 10.5 Å². The maximum Gasteiger partial charge on any atom is 0.323 e. The van der Waals surface area contributed by atoms with Crippen molar-refractivity contribution in [1.82, 2.24) is 9.21 Å². The number of sulfonamides is 1. The van der Waals surface area contributed by atoms with Crippen molar-refractivity contribution in [2.45, 2.75) is 43.3 Å². The van der Waals surface area contributed by atoms with Crippen LogP contribution in [0, 0.1) is 11.1 Å². The molecule has 0 spiro atoms. The molecule has 2 N–H and O–H groups in total. The van der Waals surface area contributed by atoms with Crippen LogP contribution in [0.4, 0.5) is 0 Å². The number of aromatic nitrogens is 1. The summed E-state index contributed by atoms with van der Waals surface area (Å²) in [6, 6.07) is 2.46. The van der Waals surface area contributed by atoms with Gasteiger partial charge in [-0.1, -0.05) is 6.92 Å². The molecule has 2 fully saturated rings. The largest absolute Gasteiger partial charge is 0.618 e. The van der Waals surface area contributed by atoms with Crippen LogP contribution in [0.25, 0.3) is 0 Å². The van der Waals surface area contributed by atoms with Gasteiger partial charge in [0.2, 0.25) is 11.8 Å². The molecule has 0 bridgehead atoms. The van der Waals surface area contributed by atoms with Crippen LogP contribution < -0.4 is 10.5 Å². The van der Waals surface area contributed by atoms with Crippen molar-refractivity contribution in [3.63, 3.8) is 0 Å². The lowest BCUT2D eigenvalue weighted by molar-refractivity contribution is -0.646. The average Bonchev–Trinajstić information content (AvgIpc) is 3.21. The number of ketones is 1. The molecule has 1 aromatic heterocycles. The summed E-state index contributed by atoms with van der Waals surface area (Å²) in [4.78, 5) is 37.6. The SMILES string of the molecule is CC(CCC(=O)N1CCC2C1C(=O)CN2S(=O)(=O)c1cccc[n+]1[O-])C(N)=O. The molecule has 0 aromatic carbocycles. The quantitative estimate of drug-likeness (QED) is 0.459. The number of amides is 2. The summed E-state index contributed by atoms with van der Waals surface area (Å²) in [6.45, 7) is 1.48. The minimum absolute atomic E-state index is 0.0482. The maximum absolute atomic E-state index is 12.9. The van der Waals surface area contributed by atoms with Gasteiger partial charge >= 0.3 is 15.0 Å². The van der Waals surface area contributed by atoms with E-state index in [2.05, 4.69) is 0 Å². The number of hydrogen-bond acceptors (Lipinski definition) is 6. The Morgan fingerprint density at radius 2 is 2.11 bits per heavy atom. The minimum atomic E-state index is -4.18. The van der Waals surface area contributed by atoms with Gasteiger partial charge in [-0.3, -0.25) is 14.4 Å². The molecule has 2 aliphatic heterocycles. The lowest BCUT2D eigenvalue weighted by Gasteiger charge is -2.24. The number of Topliss-reactive ketones (excluding diaryl/α,β-unsaturated/α-hetero) is 1. The molecular weight excluding hydrogens is 388 g/mol. The number of rotatable bonds is 6. The highest BCUT2D eigenvalue weighted by molar-refractivity contribution is 7.89. The highest BCUT2D eigenvalue weighted by atomic mass is 32.2. The van der Waals surface area contributed by atoms with Gasteiger partial charge in [-0.15, -0.1) is 0 Å². The fourth-order valence-electron chi connectivity index (χ4n) is 3.73. The second kappa shape index (κ2) is 7.47. The van der Waals surface area contributed by atoms with E-state index in [9.17, 15) is 28.0 Å². The molecule has 10 nitrogen and oxygen atoms in total. The van der Waals surface area contributed by atoms with Gasteiger partial charge in [-0.25, -0.2) is 8.42 Å². The first kappa shape index (κ1) is 20.2. The van der Waals surface area contributed by atoms with Crippen LogP contribution in [-0.2, 0) is 24.4 Å². The third kappa shape index (κ3) is 3.47. The van der Waals surface area contributed by atoms with Crippen LogP contribution in [0.3, 0.4) is 0 Å². The lowest BCUT2D eigenvalue weighted by atomic mass is 10.0. The molecule has 152 valence electrons. The number of carbonyl (C=O) groups excluding carboxylic acids is 3. The fourth-order valence-corrected chi connectivity index (χ4v) is 5.39. The average molecular weight is 410 g/mol. The van der Waals surface area contributed by atoms with Crippen molar-refractivity contribution in [3.05, 3.63) is 29.6 Å². The van der Waals surface area contributed by atoms with Gasteiger partial charge in [0, 0.05) is 31.0 Å². The van der Waals surface area contributed by atoms with Crippen LogP contribution in [-0.4, -0.2) is 60.4 Å². The van der Waals surface area contributed by atoms with Gasteiger partial charge in [0.25, 0.3) is 0 Å². The summed E-state index contributed by atoms with van der Waals surface area (Å²) in [5, 5.41) is 11.4. The van der Waals surface area contributed by atoms with Crippen molar-refractivity contribution in [2.75, 3.05) is 13.1 Å². The maximum atomic E-state index is 12.9. The van der Waals surface area contributed by atoms with E-state index in [0.29, 0.717) is 6.42 Å². The number of carbonyl (C=O) groups is 3. The second-order valence-corrected chi connectivity index (χ2v) is 8.95. The third-order valence-corrected chi connectivity index (χ3v) is 7.20. The molecule has 3 atom stereocenters. The molecule has 3 heterocycles. The van der Waals surface area contributed by atoms with E-state index in [1.807, 2.05) is 0 Å². The molecule has 11 heteroatoms. The predicted molar refractivity (Wildman–Crippen MR) is 95.8 cm³/mol. The van der Waals surface area contributed by atoms with E-state index < -0.39 is 39.0 Å². The molecule has 1 aromatic rings. The molecule has 28 heavy (non-hydrogen) atoms. The van der Waals surface area contributed by atoms with Crippen molar-refractivity contribution in [2.24, 2.45) is 11.7 Å². The number of likely N-dealkylation sites (tertiary alicyclic amines) is 1. The minimum Gasteiger partial charge on any atom is -0.618 e. The molecule has 2 aliphatic rings. The van der Waals surface area contributed by atoms with Crippen LogP contribution >= 0.6 is 0 Å². The summed E-state index contributed by atoms with van der Waals surface area (Å²) in [5.74, 6) is -1.67. The zero-order valence-electron chi connectivity index (χ0n) is 15.4. The van der Waals surface area contributed by atoms with E-state index in [1.165, 1.54) is 23.1 Å². The third-order valence-electron chi connectivity index (χ3n) is 5.34. The van der Waals surface area contributed by atoms with Crippen molar-refractivity contribution >= 4 is 27.6 Å². The molecule has 2 saturated heterocycles. The van der Waals surface area contributed by atoms with Gasteiger partial charge in [0.05, 0.1) is 12.6 Å². The van der Waals surface area contributed by atoms with E-state index in [4.69, 9.17) is 5.73 Å². The number of nitrogens with two attached hydrogens (primary N) is 1. The highest BCUT2D eigenvalue weighted by Crippen LogP contribution is 2.33. The molecule has 0 aliphatic carbocycles. The Morgan fingerprint density at radius 1 is 1.39 bits per heavy atom. The van der Waals surface area contributed by atoms with Gasteiger partial charge in [0.1, 0.15) is 6.04 Å². The molecule has 0 saturated carbocycles. The standard InChI is InChI=1S/C17H22N4O6S/c1-11(17(18)24)5-6-14(23)19-9-7-12-16(19)13(22)10-21(12)28(26,27)15-4-2-3-8-20(15)25/h2-4,8,11-12,16H,5-7,9-10H2,1H3,(H2,18,24). The Hall–Kier alpha value is -2.53. The predicted octanol–water partition coefficient (Wildman–Crippen LogP) is -1.24. The van der Waals surface area contributed by atoms with Gasteiger partial charge in [-0.05, 0) is 18.9 Å². The number of fused-ring (bicyclic) bond motifs is 1. The van der Waals surface area contributed by atoms with Gasteiger partial charge in [-0.2, -0.15) is 9.04 Å². The summed E-state index contributed by atoms with van der Waals surface area (Å²) < 4.78 is 27.1. The molecule has 0 radical (unpaired) electrons. The first-order chi connectivity index (χ1) is 13.1. The zero-order chi connectivity index (χ0) is 20.6. The Morgan fingerprint density at radius 3 is 2.75 bits per heavy atom. The molecule has 2 amide bonds. The van der Waals surface area contributed by atoms with Gasteiger partial charge < -0.3 is 15.8 Å². The molecular formula is C17H22N4O6S. The topological polar surface area (TPSA) is 145 Å². The number of pyridine rings is 1. The van der Waals surface area contributed by atoms with Crippen LogP contribution in [0.5, 0.6) is 0 Å². The van der Waals surface area contributed by atoms with Crippen molar-refractivity contribution in [3.8, 4) is 0 Å². The monoisotopic (exact) mass is 410 g/mol.